The Balaban J connectivity index is 2.46. The molecule has 0 aliphatic heterocycles. The first kappa shape index (κ1) is 53.1. The van der Waals surface area contributed by atoms with E-state index in [1.807, 2.05) is 0 Å². The molecule has 1 heterocycles. The minimum absolute atomic E-state index is 0.719. The van der Waals surface area contributed by atoms with E-state index >= 15 is 0 Å². The second-order valence-corrected chi connectivity index (χ2v) is 18.3. The molecular weight excluding hydrogens is 677 g/mol. The molecule has 1 radical (unpaired) electrons. The highest BCUT2D eigenvalue weighted by atomic mass is 14.9. The number of rotatable bonds is 46. The molecule has 0 unspecified atom stereocenters. The van der Waals surface area contributed by atoms with Crippen molar-refractivity contribution in [2.24, 2.45) is 0 Å². The molecule has 0 spiro atoms. The monoisotopic (exact) mass is 780 g/mol. The second kappa shape index (κ2) is 43.7. The topological polar surface area (TPSA) is 25.8 Å². The minimum atomic E-state index is 0.719. The fourth-order valence-electron chi connectivity index (χ4n) is 8.92. The zero-order valence-electron chi connectivity index (χ0n) is 39.1. The van der Waals surface area contributed by atoms with Crippen molar-refractivity contribution in [3.8, 4) is 0 Å². The number of unbranched alkanes of at least 4 members (excludes halogenated alkanes) is 39. The molecule has 0 amide bonds. The van der Waals surface area contributed by atoms with Gasteiger partial charge in [-0.3, -0.25) is 0 Å². The summed E-state index contributed by atoms with van der Waals surface area (Å²) in [4.78, 5) is 10.4. The highest BCUT2D eigenvalue weighted by Crippen LogP contribution is 2.23. The third-order valence-electron chi connectivity index (χ3n) is 12.8. The Morgan fingerprint density at radius 1 is 0.268 bits per heavy atom. The van der Waals surface area contributed by atoms with Gasteiger partial charge in [0.1, 0.15) is 5.82 Å². The van der Waals surface area contributed by atoms with E-state index in [1.165, 1.54) is 287 Å². The Morgan fingerprint density at radius 2 is 0.464 bits per heavy atom. The van der Waals surface area contributed by atoms with Gasteiger partial charge in [-0.05, 0) is 51.0 Å². The molecule has 2 heteroatoms. The molecule has 0 fully saturated rings. The van der Waals surface area contributed by atoms with E-state index in [4.69, 9.17) is 9.97 Å². The number of aromatic nitrogens is 2. The van der Waals surface area contributed by atoms with Gasteiger partial charge in [0, 0.05) is 17.8 Å². The predicted molar refractivity (Wildman–Crippen MR) is 253 cm³/mol. The van der Waals surface area contributed by atoms with Gasteiger partial charge in [-0.1, -0.05) is 271 Å². The quantitative estimate of drug-likeness (QED) is 0.0616. The first-order valence-electron chi connectivity index (χ1n) is 26.4. The maximum atomic E-state index is 5.18. The Hall–Kier alpha value is -0.920. The zero-order valence-corrected chi connectivity index (χ0v) is 39.1. The smallest absolute Gasteiger partial charge is 0.128 e. The summed E-state index contributed by atoms with van der Waals surface area (Å²) >= 11 is 0. The maximum absolute atomic E-state index is 5.18. The summed E-state index contributed by atoms with van der Waals surface area (Å²) in [5, 5.41) is 0. The van der Waals surface area contributed by atoms with E-state index < -0.39 is 0 Å². The Morgan fingerprint density at radius 3 is 0.679 bits per heavy atom. The van der Waals surface area contributed by atoms with Crippen LogP contribution in [0.2, 0.25) is 0 Å². The number of nitrogens with zero attached hydrogens (tertiary/aromatic N) is 2. The molecule has 0 saturated carbocycles. The van der Waals surface area contributed by atoms with Crippen molar-refractivity contribution in [3.05, 3.63) is 29.7 Å². The molecule has 0 N–H and O–H groups in total. The van der Waals surface area contributed by atoms with E-state index in [0.717, 1.165) is 25.1 Å². The van der Waals surface area contributed by atoms with Crippen molar-refractivity contribution in [3.63, 3.8) is 0 Å². The van der Waals surface area contributed by atoms with Crippen molar-refractivity contribution in [1.82, 2.24) is 9.97 Å². The summed E-state index contributed by atoms with van der Waals surface area (Å²) < 4.78 is 0. The lowest BCUT2D eigenvalue weighted by atomic mass is 9.96. The van der Waals surface area contributed by atoms with Crippen LogP contribution in [0.5, 0.6) is 0 Å². The SMILES string of the molecule is [CH2]Cc1nc(CCCCCCCCCCCCCCCC)c(CCCCCCCCCCCCCCCC)c(CCCCCCCCCCCCCCCC)n1. The largest absolute Gasteiger partial charge is 0.238 e. The van der Waals surface area contributed by atoms with Gasteiger partial charge in [0.2, 0.25) is 0 Å². The van der Waals surface area contributed by atoms with Crippen LogP contribution >= 0.6 is 0 Å². The number of hydrogen-bond donors (Lipinski definition) is 0. The van der Waals surface area contributed by atoms with Gasteiger partial charge in [-0.25, -0.2) is 9.97 Å². The van der Waals surface area contributed by atoms with Gasteiger partial charge >= 0.3 is 0 Å². The van der Waals surface area contributed by atoms with Crippen LogP contribution in [0.1, 0.15) is 313 Å². The first-order chi connectivity index (χ1) is 27.8. The minimum Gasteiger partial charge on any atom is -0.238 e. The molecule has 0 bridgehead atoms. The van der Waals surface area contributed by atoms with Crippen molar-refractivity contribution in [1.29, 1.82) is 0 Å². The van der Waals surface area contributed by atoms with Gasteiger partial charge in [-0.15, -0.1) is 0 Å². The summed E-state index contributed by atoms with van der Waals surface area (Å²) in [6.07, 6.45) is 63.8. The van der Waals surface area contributed by atoms with Crippen LogP contribution in [-0.4, -0.2) is 9.97 Å². The third kappa shape index (κ3) is 34.0. The van der Waals surface area contributed by atoms with Crippen LogP contribution in [0, 0.1) is 6.92 Å². The van der Waals surface area contributed by atoms with Crippen LogP contribution in [0.15, 0.2) is 0 Å². The Kier molecular flexibility index (Phi) is 41.4. The predicted octanol–water partition coefficient (Wildman–Crippen LogP) is 18.9. The molecule has 0 aliphatic carbocycles. The van der Waals surface area contributed by atoms with E-state index in [1.54, 1.807) is 5.56 Å². The standard InChI is InChI=1S/C54H103N2/c1-5-9-12-15-18-21-24-27-30-33-36-39-42-45-48-51-52(49-46-43-40-37-34-31-28-25-22-19-16-13-10-6-2)55-54(8-4)56-53(51)50-47-44-41-38-35-32-29-26-23-20-17-14-11-7-3/h4-50H2,1-3H3. The molecule has 2 nitrogen and oxygen atoms in total. The molecule has 0 aromatic carbocycles. The molecule has 1 aromatic heterocycles. The fraction of sp³-hybridized carbons (Fsp3) is 0.907. The summed E-state index contributed by atoms with van der Waals surface area (Å²) in [6.45, 7) is 11.2. The fourth-order valence-corrected chi connectivity index (χ4v) is 8.92. The summed E-state index contributed by atoms with van der Waals surface area (Å²) in [5.41, 5.74) is 4.34. The lowest BCUT2D eigenvalue weighted by Crippen LogP contribution is -2.11. The van der Waals surface area contributed by atoms with Gasteiger partial charge in [-0.2, -0.15) is 0 Å². The molecule has 0 saturated heterocycles. The lowest BCUT2D eigenvalue weighted by molar-refractivity contribution is 0.531. The Bertz CT molecular complexity index is 855. The van der Waals surface area contributed by atoms with E-state index in [2.05, 4.69) is 27.7 Å². The van der Waals surface area contributed by atoms with E-state index in [-0.39, 0.29) is 0 Å². The molecule has 56 heavy (non-hydrogen) atoms. The average Bonchev–Trinajstić information content (AvgIpc) is 3.21. The molecule has 0 aliphatic rings. The second-order valence-electron chi connectivity index (χ2n) is 18.3. The van der Waals surface area contributed by atoms with E-state index in [0.29, 0.717) is 0 Å². The Labute approximate surface area is 354 Å². The molecule has 329 valence electrons. The van der Waals surface area contributed by atoms with Crippen LogP contribution < -0.4 is 0 Å². The molecular formula is C54H103N2. The molecule has 1 rings (SSSR count). The third-order valence-corrected chi connectivity index (χ3v) is 12.8. The van der Waals surface area contributed by atoms with Gasteiger partial charge in [0.05, 0.1) is 0 Å². The van der Waals surface area contributed by atoms with Crippen LogP contribution in [0.25, 0.3) is 0 Å². The maximum Gasteiger partial charge on any atom is 0.128 e. The van der Waals surface area contributed by atoms with Crippen molar-refractivity contribution < 1.29 is 0 Å². The van der Waals surface area contributed by atoms with E-state index in [9.17, 15) is 0 Å². The molecule has 1 aromatic rings. The van der Waals surface area contributed by atoms with Crippen molar-refractivity contribution in [2.45, 2.75) is 316 Å². The molecule has 0 atom stereocenters. The van der Waals surface area contributed by atoms with Gasteiger partial charge in [0.25, 0.3) is 0 Å². The van der Waals surface area contributed by atoms with Crippen LogP contribution in [0.4, 0.5) is 0 Å². The van der Waals surface area contributed by atoms with Gasteiger partial charge in [0.15, 0.2) is 0 Å². The van der Waals surface area contributed by atoms with Crippen molar-refractivity contribution in [2.75, 3.05) is 0 Å². The van der Waals surface area contributed by atoms with Crippen LogP contribution in [-0.2, 0) is 25.7 Å². The summed E-state index contributed by atoms with van der Waals surface area (Å²) in [7, 11) is 0. The average molecular weight is 780 g/mol. The first-order valence-corrected chi connectivity index (χ1v) is 26.4. The number of aryl methyl sites for hydroxylation is 2. The van der Waals surface area contributed by atoms with Gasteiger partial charge < -0.3 is 0 Å². The number of hydrogen-bond acceptors (Lipinski definition) is 2. The van der Waals surface area contributed by atoms with Crippen LogP contribution in [0.3, 0.4) is 0 Å². The summed E-state index contributed by atoms with van der Waals surface area (Å²) in [5.74, 6) is 0.996. The lowest BCUT2D eigenvalue weighted by Gasteiger charge is -2.16. The highest BCUT2D eigenvalue weighted by Gasteiger charge is 2.14. The summed E-state index contributed by atoms with van der Waals surface area (Å²) in [6, 6.07) is 0. The zero-order chi connectivity index (χ0) is 40.3. The highest BCUT2D eigenvalue weighted by molar-refractivity contribution is 5.27. The van der Waals surface area contributed by atoms with Crippen molar-refractivity contribution >= 4 is 0 Å². The normalized spacial score (nSPS) is 11.6.